The van der Waals surface area contributed by atoms with Crippen LogP contribution in [-0.4, -0.2) is 54.9 Å². The van der Waals surface area contributed by atoms with Crippen LogP contribution in [0.4, 0.5) is 0 Å². The van der Waals surface area contributed by atoms with Crippen molar-refractivity contribution in [1.82, 2.24) is 9.80 Å². The number of likely N-dealkylation sites (tertiary alicyclic amines) is 1. The predicted octanol–water partition coefficient (Wildman–Crippen LogP) is 1.63. The number of likely N-dealkylation sites (N-methyl/N-ethyl adjacent to an activating group) is 1. The summed E-state index contributed by atoms with van der Waals surface area (Å²) < 4.78 is 0. The van der Waals surface area contributed by atoms with Gasteiger partial charge in [0.2, 0.25) is 0 Å². The zero-order valence-corrected chi connectivity index (χ0v) is 11.0. The highest BCUT2D eigenvalue weighted by Crippen LogP contribution is 2.15. The summed E-state index contributed by atoms with van der Waals surface area (Å²) in [6.07, 6.45) is 1.76. The molecule has 0 aromatic carbocycles. The third kappa shape index (κ3) is 3.87. The lowest BCUT2D eigenvalue weighted by Gasteiger charge is -2.32. The van der Waals surface area contributed by atoms with Crippen molar-refractivity contribution in [1.29, 1.82) is 0 Å². The maximum Gasteiger partial charge on any atom is 0.138 e. The van der Waals surface area contributed by atoms with E-state index in [0.29, 0.717) is 11.7 Å². The number of nitrogens with zero attached hydrogens (tertiary/aromatic N) is 2. The number of carbonyl (C=O) groups is 1. The van der Waals surface area contributed by atoms with Crippen LogP contribution in [-0.2, 0) is 4.79 Å². The predicted molar refractivity (Wildman–Crippen MR) is 67.6 cm³/mol. The Kier molecular flexibility index (Phi) is 5.99. The summed E-state index contributed by atoms with van der Waals surface area (Å²) >= 11 is 0. The zero-order valence-electron chi connectivity index (χ0n) is 11.0. The molecule has 0 radical (unpaired) electrons. The molecule has 0 N–H and O–H groups in total. The van der Waals surface area contributed by atoms with E-state index in [1.807, 2.05) is 0 Å². The van der Waals surface area contributed by atoms with Crippen LogP contribution in [0.25, 0.3) is 0 Å². The molecule has 3 nitrogen and oxygen atoms in total. The minimum atomic E-state index is 0.297. The number of Topliss-reactive ketones (excluding diaryl/α,β-unsaturated/α-hetero) is 1. The van der Waals surface area contributed by atoms with Gasteiger partial charge in [-0.25, -0.2) is 0 Å². The summed E-state index contributed by atoms with van der Waals surface area (Å²) in [7, 11) is 0. The molecular formula is C13H26N2O. The molecule has 1 aliphatic heterocycles. The van der Waals surface area contributed by atoms with Crippen LogP contribution >= 0.6 is 0 Å². The fourth-order valence-corrected chi connectivity index (χ4v) is 2.36. The Morgan fingerprint density at radius 2 is 2.00 bits per heavy atom. The van der Waals surface area contributed by atoms with Gasteiger partial charge in [-0.15, -0.1) is 0 Å². The van der Waals surface area contributed by atoms with Gasteiger partial charge in [0.05, 0.1) is 0 Å². The van der Waals surface area contributed by atoms with E-state index in [2.05, 4.69) is 30.6 Å². The molecule has 0 spiro atoms. The zero-order chi connectivity index (χ0) is 12.0. The van der Waals surface area contributed by atoms with Crippen LogP contribution in [0.15, 0.2) is 0 Å². The number of ketones is 1. The van der Waals surface area contributed by atoms with Crippen LogP contribution in [0.5, 0.6) is 0 Å². The lowest BCUT2D eigenvalue weighted by atomic mass is 9.94. The van der Waals surface area contributed by atoms with Gasteiger partial charge in [0.1, 0.15) is 5.78 Å². The molecule has 0 amide bonds. The molecule has 0 bridgehead atoms. The molecule has 1 heterocycles. The van der Waals surface area contributed by atoms with Crippen molar-refractivity contribution in [3.63, 3.8) is 0 Å². The van der Waals surface area contributed by atoms with Gasteiger partial charge >= 0.3 is 0 Å². The van der Waals surface area contributed by atoms with Gasteiger partial charge in [-0.1, -0.05) is 20.8 Å². The van der Waals surface area contributed by atoms with Crippen LogP contribution in [0.1, 0.15) is 33.6 Å². The molecule has 1 saturated heterocycles. The van der Waals surface area contributed by atoms with Crippen LogP contribution in [0.3, 0.4) is 0 Å². The monoisotopic (exact) mass is 226 g/mol. The summed E-state index contributed by atoms with van der Waals surface area (Å²) in [5.41, 5.74) is 0. The second-order valence-corrected chi connectivity index (χ2v) is 4.65. The summed E-state index contributed by atoms with van der Waals surface area (Å²) in [5.74, 6) is 0.770. The molecule has 1 unspecified atom stereocenters. The molecule has 0 aliphatic carbocycles. The standard InChI is InChI=1S/C13H26N2O/c1-4-12-11-15(8-7-13(12)16)10-9-14(5-2)6-3/h12H,4-11H2,1-3H3. The number of rotatable bonds is 6. The van der Waals surface area contributed by atoms with E-state index in [-0.39, 0.29) is 0 Å². The number of carbonyl (C=O) groups excluding carboxylic acids is 1. The average molecular weight is 226 g/mol. The Labute approximate surface area is 99.8 Å². The van der Waals surface area contributed by atoms with Gasteiger partial charge in [0.15, 0.2) is 0 Å². The molecule has 0 aromatic heterocycles. The van der Waals surface area contributed by atoms with E-state index >= 15 is 0 Å². The molecule has 1 rings (SSSR count). The topological polar surface area (TPSA) is 23.6 Å². The minimum Gasteiger partial charge on any atom is -0.303 e. The summed E-state index contributed by atoms with van der Waals surface area (Å²) in [4.78, 5) is 16.5. The second-order valence-electron chi connectivity index (χ2n) is 4.65. The van der Waals surface area contributed by atoms with Crippen molar-refractivity contribution in [2.45, 2.75) is 33.6 Å². The highest BCUT2D eigenvalue weighted by molar-refractivity contribution is 5.82. The fourth-order valence-electron chi connectivity index (χ4n) is 2.36. The first kappa shape index (κ1) is 13.7. The third-order valence-corrected chi connectivity index (χ3v) is 3.73. The van der Waals surface area contributed by atoms with E-state index in [1.54, 1.807) is 0 Å². The number of hydrogen-bond acceptors (Lipinski definition) is 3. The molecule has 94 valence electrons. The quantitative estimate of drug-likeness (QED) is 0.688. The van der Waals surface area contributed by atoms with Crippen LogP contribution in [0, 0.1) is 5.92 Å². The summed E-state index contributed by atoms with van der Waals surface area (Å²) in [6.45, 7) is 13.0. The van der Waals surface area contributed by atoms with Crippen molar-refractivity contribution in [2.24, 2.45) is 5.92 Å². The highest BCUT2D eigenvalue weighted by atomic mass is 16.1. The van der Waals surface area contributed by atoms with E-state index in [9.17, 15) is 4.79 Å². The molecular weight excluding hydrogens is 200 g/mol. The molecule has 1 atom stereocenters. The van der Waals surface area contributed by atoms with Crippen molar-refractivity contribution in [2.75, 3.05) is 39.3 Å². The molecule has 0 aromatic rings. The van der Waals surface area contributed by atoms with Gasteiger partial charge in [-0.2, -0.15) is 0 Å². The molecule has 16 heavy (non-hydrogen) atoms. The lowest BCUT2D eigenvalue weighted by Crippen LogP contribution is -2.44. The SMILES string of the molecule is CCC1CN(CCN(CC)CC)CCC1=O. The van der Waals surface area contributed by atoms with Crippen molar-refractivity contribution in [3.8, 4) is 0 Å². The molecule has 0 saturated carbocycles. The Morgan fingerprint density at radius 3 is 2.56 bits per heavy atom. The minimum absolute atomic E-state index is 0.297. The third-order valence-electron chi connectivity index (χ3n) is 3.73. The summed E-state index contributed by atoms with van der Waals surface area (Å²) in [6, 6.07) is 0. The first-order chi connectivity index (χ1) is 7.71. The average Bonchev–Trinajstić information content (AvgIpc) is 2.32. The first-order valence-electron chi connectivity index (χ1n) is 6.68. The smallest absolute Gasteiger partial charge is 0.138 e. The Bertz CT molecular complexity index is 214. The van der Waals surface area contributed by atoms with Crippen LogP contribution in [0.2, 0.25) is 0 Å². The van der Waals surface area contributed by atoms with Gasteiger partial charge < -0.3 is 9.80 Å². The Hall–Kier alpha value is -0.410. The van der Waals surface area contributed by atoms with Crippen molar-refractivity contribution in [3.05, 3.63) is 0 Å². The fraction of sp³-hybridized carbons (Fsp3) is 0.923. The maximum atomic E-state index is 11.6. The summed E-state index contributed by atoms with van der Waals surface area (Å²) in [5, 5.41) is 0. The van der Waals surface area contributed by atoms with Gasteiger partial charge in [-0.3, -0.25) is 4.79 Å². The van der Waals surface area contributed by atoms with Gasteiger partial charge in [0, 0.05) is 38.5 Å². The normalized spacial score (nSPS) is 23.0. The van der Waals surface area contributed by atoms with E-state index in [4.69, 9.17) is 0 Å². The molecule has 1 fully saturated rings. The van der Waals surface area contributed by atoms with Gasteiger partial charge in [0.25, 0.3) is 0 Å². The highest BCUT2D eigenvalue weighted by Gasteiger charge is 2.25. The Morgan fingerprint density at radius 1 is 1.31 bits per heavy atom. The van der Waals surface area contributed by atoms with Crippen LogP contribution < -0.4 is 0 Å². The maximum absolute atomic E-state index is 11.6. The van der Waals surface area contributed by atoms with Crippen molar-refractivity contribution >= 4 is 5.78 Å². The number of piperidine rings is 1. The molecule has 3 heteroatoms. The lowest BCUT2D eigenvalue weighted by molar-refractivity contribution is -0.126. The second kappa shape index (κ2) is 7.02. The molecule has 1 aliphatic rings. The van der Waals surface area contributed by atoms with E-state index < -0.39 is 0 Å². The van der Waals surface area contributed by atoms with Crippen molar-refractivity contribution < 1.29 is 4.79 Å². The Balaban J connectivity index is 2.30. The first-order valence-corrected chi connectivity index (χ1v) is 6.68. The van der Waals surface area contributed by atoms with E-state index in [1.165, 1.54) is 0 Å². The van der Waals surface area contributed by atoms with E-state index in [0.717, 1.165) is 52.1 Å². The largest absolute Gasteiger partial charge is 0.303 e. The number of hydrogen-bond donors (Lipinski definition) is 0. The van der Waals surface area contributed by atoms with Gasteiger partial charge in [-0.05, 0) is 19.5 Å².